The molecule has 2 fully saturated rings. The van der Waals surface area contributed by atoms with Crippen LogP contribution in [0.3, 0.4) is 0 Å². The third-order valence-electron chi connectivity index (χ3n) is 4.63. The summed E-state index contributed by atoms with van der Waals surface area (Å²) >= 11 is 0. The fourth-order valence-electron chi connectivity index (χ4n) is 3.71. The molecular formula is C15H19NO4. The maximum Gasteiger partial charge on any atom is 0.326 e. The van der Waals surface area contributed by atoms with Gasteiger partial charge in [-0.15, -0.1) is 0 Å². The average molecular weight is 277 g/mol. The maximum atomic E-state index is 12.3. The molecule has 1 aliphatic carbocycles. The molecule has 3 rings (SSSR count). The Morgan fingerprint density at radius 1 is 1.40 bits per heavy atom. The highest BCUT2D eigenvalue weighted by Crippen LogP contribution is 2.42. The van der Waals surface area contributed by atoms with Crippen LogP contribution in [-0.2, 0) is 16.0 Å². The van der Waals surface area contributed by atoms with Gasteiger partial charge in [-0.3, -0.25) is 4.79 Å². The lowest BCUT2D eigenvalue weighted by atomic mass is 9.94. The van der Waals surface area contributed by atoms with Gasteiger partial charge < -0.3 is 14.4 Å². The van der Waals surface area contributed by atoms with Crippen molar-refractivity contribution in [2.24, 2.45) is 11.8 Å². The number of carbonyl (C=O) groups excluding carboxylic acids is 1. The Bertz CT molecular complexity index is 496. The molecule has 2 heterocycles. The van der Waals surface area contributed by atoms with Gasteiger partial charge in [0.1, 0.15) is 11.8 Å². The number of carboxylic acid groups (broad SMARTS) is 1. The second-order valence-corrected chi connectivity index (χ2v) is 5.76. The van der Waals surface area contributed by atoms with E-state index in [4.69, 9.17) is 4.42 Å². The topological polar surface area (TPSA) is 70.8 Å². The van der Waals surface area contributed by atoms with Gasteiger partial charge in [-0.25, -0.2) is 4.79 Å². The quantitative estimate of drug-likeness (QED) is 0.912. The van der Waals surface area contributed by atoms with Crippen LogP contribution in [0.2, 0.25) is 0 Å². The normalized spacial score (nSPS) is 28.6. The Hall–Kier alpha value is -1.78. The summed E-state index contributed by atoms with van der Waals surface area (Å²) in [6, 6.07) is 3.01. The fraction of sp³-hybridized carbons (Fsp3) is 0.600. The van der Waals surface area contributed by atoms with E-state index in [1.165, 1.54) is 0 Å². The van der Waals surface area contributed by atoms with Crippen LogP contribution in [0.25, 0.3) is 0 Å². The molecule has 1 N–H and O–H groups in total. The summed E-state index contributed by atoms with van der Waals surface area (Å²) in [5.74, 6) is 0.377. The van der Waals surface area contributed by atoms with E-state index >= 15 is 0 Å². The Kier molecular flexibility index (Phi) is 3.51. The molecule has 0 aromatic carbocycles. The maximum absolute atomic E-state index is 12.3. The average Bonchev–Trinajstić information content (AvgIpc) is 3.10. The molecule has 1 aliphatic heterocycles. The van der Waals surface area contributed by atoms with Crippen LogP contribution >= 0.6 is 0 Å². The molecule has 0 radical (unpaired) electrons. The molecular weight excluding hydrogens is 258 g/mol. The number of hydrogen-bond donors (Lipinski definition) is 1. The number of aliphatic carboxylic acids is 1. The molecule has 1 aromatic heterocycles. The van der Waals surface area contributed by atoms with E-state index < -0.39 is 12.0 Å². The van der Waals surface area contributed by atoms with Crippen LogP contribution in [0, 0.1) is 11.8 Å². The first-order valence-electron chi connectivity index (χ1n) is 7.21. The second kappa shape index (κ2) is 5.31. The molecule has 1 amide bonds. The molecule has 2 aliphatic rings. The van der Waals surface area contributed by atoms with Gasteiger partial charge in [0.2, 0.25) is 5.91 Å². The molecule has 0 bridgehead atoms. The van der Waals surface area contributed by atoms with Crippen LogP contribution in [-0.4, -0.2) is 34.5 Å². The van der Waals surface area contributed by atoms with Crippen molar-refractivity contribution < 1.29 is 19.1 Å². The Morgan fingerprint density at radius 2 is 2.25 bits per heavy atom. The minimum atomic E-state index is -0.856. The summed E-state index contributed by atoms with van der Waals surface area (Å²) in [4.78, 5) is 25.4. The number of likely N-dealkylation sites (tertiary alicyclic amines) is 1. The highest BCUT2D eigenvalue weighted by Gasteiger charge is 2.49. The molecule has 20 heavy (non-hydrogen) atoms. The molecule has 5 nitrogen and oxygen atoms in total. The first-order chi connectivity index (χ1) is 9.66. The van der Waals surface area contributed by atoms with Gasteiger partial charge >= 0.3 is 5.97 Å². The number of aryl methyl sites for hydroxylation is 1. The van der Waals surface area contributed by atoms with E-state index in [2.05, 4.69) is 0 Å². The van der Waals surface area contributed by atoms with Crippen molar-refractivity contribution in [3.8, 4) is 0 Å². The van der Waals surface area contributed by atoms with Gasteiger partial charge in [-0.2, -0.15) is 0 Å². The molecule has 108 valence electrons. The van der Waals surface area contributed by atoms with Crippen molar-refractivity contribution in [2.45, 2.75) is 38.1 Å². The zero-order valence-corrected chi connectivity index (χ0v) is 11.3. The van der Waals surface area contributed by atoms with E-state index in [-0.39, 0.29) is 11.8 Å². The highest BCUT2D eigenvalue weighted by atomic mass is 16.4. The van der Waals surface area contributed by atoms with E-state index in [1.807, 2.05) is 6.07 Å². The Labute approximate surface area is 117 Å². The molecule has 5 heteroatoms. The number of carbonyl (C=O) groups is 2. The van der Waals surface area contributed by atoms with E-state index in [0.29, 0.717) is 25.3 Å². The highest BCUT2D eigenvalue weighted by molar-refractivity contribution is 5.84. The molecule has 3 atom stereocenters. The SMILES string of the molecule is O=C(O)C1C2CCCC2CN1C(=O)CCc1ccco1. The van der Waals surface area contributed by atoms with Gasteiger partial charge in [0.05, 0.1) is 6.26 Å². The summed E-state index contributed by atoms with van der Waals surface area (Å²) in [6.45, 7) is 0.610. The van der Waals surface area contributed by atoms with Crippen LogP contribution < -0.4 is 0 Å². The molecule has 1 saturated carbocycles. The van der Waals surface area contributed by atoms with E-state index in [0.717, 1.165) is 25.0 Å². The largest absolute Gasteiger partial charge is 0.480 e. The summed E-state index contributed by atoms with van der Waals surface area (Å²) in [6.07, 6.45) is 5.51. The van der Waals surface area contributed by atoms with Crippen LogP contribution in [0.5, 0.6) is 0 Å². The minimum Gasteiger partial charge on any atom is -0.480 e. The van der Waals surface area contributed by atoms with Crippen LogP contribution in [0.4, 0.5) is 0 Å². The van der Waals surface area contributed by atoms with Crippen molar-refractivity contribution in [2.75, 3.05) is 6.54 Å². The van der Waals surface area contributed by atoms with Gasteiger partial charge in [0, 0.05) is 19.4 Å². The minimum absolute atomic E-state index is 0.0665. The third kappa shape index (κ3) is 2.32. The predicted octanol–water partition coefficient (Wildman–Crippen LogP) is 1.92. The zero-order valence-electron chi connectivity index (χ0n) is 11.3. The number of furan rings is 1. The standard InChI is InChI=1S/C15H19NO4/c17-13(7-6-11-4-2-8-20-11)16-9-10-3-1-5-12(10)14(16)15(18)19/h2,4,8,10,12,14H,1,3,5-7,9H2,(H,18,19). The monoisotopic (exact) mass is 277 g/mol. The molecule has 1 saturated heterocycles. The van der Waals surface area contributed by atoms with Crippen LogP contribution in [0.15, 0.2) is 22.8 Å². The van der Waals surface area contributed by atoms with Crippen molar-refractivity contribution in [1.82, 2.24) is 4.90 Å². The smallest absolute Gasteiger partial charge is 0.326 e. The molecule has 0 spiro atoms. The summed E-state index contributed by atoms with van der Waals surface area (Å²) in [5.41, 5.74) is 0. The van der Waals surface area contributed by atoms with Crippen LogP contribution in [0.1, 0.15) is 31.4 Å². The van der Waals surface area contributed by atoms with Gasteiger partial charge in [-0.05, 0) is 36.8 Å². The summed E-state index contributed by atoms with van der Waals surface area (Å²) < 4.78 is 5.21. The summed E-state index contributed by atoms with van der Waals surface area (Å²) in [7, 11) is 0. The Morgan fingerprint density at radius 3 is 2.95 bits per heavy atom. The predicted molar refractivity (Wildman–Crippen MR) is 71.0 cm³/mol. The first kappa shape index (κ1) is 13.2. The second-order valence-electron chi connectivity index (χ2n) is 5.76. The first-order valence-corrected chi connectivity index (χ1v) is 7.21. The van der Waals surface area contributed by atoms with Gasteiger partial charge in [-0.1, -0.05) is 6.42 Å². The zero-order chi connectivity index (χ0) is 14.1. The number of hydrogen-bond acceptors (Lipinski definition) is 3. The molecule has 1 aromatic rings. The van der Waals surface area contributed by atoms with E-state index in [9.17, 15) is 14.7 Å². The van der Waals surface area contributed by atoms with Crippen molar-refractivity contribution in [1.29, 1.82) is 0 Å². The molecule has 3 unspecified atom stereocenters. The van der Waals surface area contributed by atoms with Crippen molar-refractivity contribution >= 4 is 11.9 Å². The fourth-order valence-corrected chi connectivity index (χ4v) is 3.71. The lowest BCUT2D eigenvalue weighted by molar-refractivity contribution is -0.149. The number of nitrogens with zero attached hydrogens (tertiary/aromatic N) is 1. The van der Waals surface area contributed by atoms with Crippen molar-refractivity contribution in [3.63, 3.8) is 0 Å². The Balaban J connectivity index is 1.65. The number of fused-ring (bicyclic) bond motifs is 1. The lowest BCUT2D eigenvalue weighted by Crippen LogP contribution is -2.43. The van der Waals surface area contributed by atoms with E-state index in [1.54, 1.807) is 17.2 Å². The lowest BCUT2D eigenvalue weighted by Gasteiger charge is -2.24. The van der Waals surface area contributed by atoms with Gasteiger partial charge in [0.15, 0.2) is 0 Å². The number of carboxylic acids is 1. The number of amides is 1. The third-order valence-corrected chi connectivity index (χ3v) is 4.63. The van der Waals surface area contributed by atoms with Crippen molar-refractivity contribution in [3.05, 3.63) is 24.2 Å². The number of rotatable bonds is 4. The summed E-state index contributed by atoms with van der Waals surface area (Å²) in [5, 5.41) is 9.42. The van der Waals surface area contributed by atoms with Gasteiger partial charge in [0.25, 0.3) is 0 Å².